The van der Waals surface area contributed by atoms with E-state index in [0.29, 0.717) is 18.7 Å². The molecule has 0 aromatic heterocycles. The van der Waals surface area contributed by atoms with Crippen molar-refractivity contribution in [3.05, 3.63) is 29.8 Å². The fourth-order valence-corrected chi connectivity index (χ4v) is 2.13. The zero-order valence-corrected chi connectivity index (χ0v) is 11.9. The van der Waals surface area contributed by atoms with Crippen molar-refractivity contribution in [2.24, 2.45) is 0 Å². The van der Waals surface area contributed by atoms with Crippen LogP contribution in [0.5, 0.6) is 5.75 Å². The van der Waals surface area contributed by atoms with E-state index in [1.54, 1.807) is 0 Å². The molecule has 0 atom stereocenters. The maximum absolute atomic E-state index is 12.0. The average Bonchev–Trinajstić information content (AvgIpc) is 2.53. The highest BCUT2D eigenvalue weighted by Crippen LogP contribution is 2.09. The molecule has 0 bridgehead atoms. The molecular weight excluding hydrogens is 290 g/mol. The molecule has 8 heteroatoms. The molecule has 0 unspecified atom stereocenters. The summed E-state index contributed by atoms with van der Waals surface area (Å²) >= 11 is 0. The molecule has 1 aliphatic heterocycles. The number of rotatable bonds is 3. The summed E-state index contributed by atoms with van der Waals surface area (Å²) in [5.41, 5.74) is 0.348. The van der Waals surface area contributed by atoms with E-state index in [0.717, 1.165) is 0 Å². The predicted octanol–water partition coefficient (Wildman–Crippen LogP) is -0.0558. The first-order valence-corrected chi connectivity index (χ1v) is 6.80. The Morgan fingerprint density at radius 2 is 1.55 bits per heavy atom. The summed E-state index contributed by atoms with van der Waals surface area (Å²) in [6.07, 6.45) is -0.993. The SMILES string of the molecule is O=C(NCC(=O)N1CCN(C(=O)O)CC1)c1ccc(O)cc1. The lowest BCUT2D eigenvalue weighted by atomic mass is 10.2. The lowest BCUT2D eigenvalue weighted by Gasteiger charge is -2.33. The molecule has 0 radical (unpaired) electrons. The van der Waals surface area contributed by atoms with Crippen LogP contribution in [0.15, 0.2) is 24.3 Å². The Morgan fingerprint density at radius 3 is 2.09 bits per heavy atom. The molecule has 3 amide bonds. The zero-order valence-electron chi connectivity index (χ0n) is 11.9. The number of phenolic OH excluding ortho intramolecular Hbond substituents is 1. The molecule has 0 aliphatic carbocycles. The second-order valence-corrected chi connectivity index (χ2v) is 4.88. The van der Waals surface area contributed by atoms with Gasteiger partial charge in [-0.15, -0.1) is 0 Å². The van der Waals surface area contributed by atoms with Gasteiger partial charge in [-0.05, 0) is 24.3 Å². The van der Waals surface area contributed by atoms with E-state index in [1.807, 2.05) is 0 Å². The topological polar surface area (TPSA) is 110 Å². The Labute approximate surface area is 126 Å². The number of carbonyl (C=O) groups excluding carboxylic acids is 2. The van der Waals surface area contributed by atoms with Crippen molar-refractivity contribution in [3.8, 4) is 5.75 Å². The minimum Gasteiger partial charge on any atom is -0.508 e. The van der Waals surface area contributed by atoms with Crippen LogP contribution in [0.2, 0.25) is 0 Å². The summed E-state index contributed by atoms with van der Waals surface area (Å²) in [4.78, 5) is 37.4. The highest BCUT2D eigenvalue weighted by molar-refractivity contribution is 5.96. The van der Waals surface area contributed by atoms with E-state index in [1.165, 1.54) is 34.1 Å². The van der Waals surface area contributed by atoms with Crippen LogP contribution in [-0.4, -0.2) is 70.6 Å². The molecule has 1 heterocycles. The Bertz CT molecular complexity index is 564. The third-order valence-electron chi connectivity index (χ3n) is 3.43. The number of hydrogen-bond acceptors (Lipinski definition) is 4. The highest BCUT2D eigenvalue weighted by atomic mass is 16.4. The predicted molar refractivity (Wildman–Crippen MR) is 76.6 cm³/mol. The number of phenols is 1. The second-order valence-electron chi connectivity index (χ2n) is 4.88. The first-order valence-electron chi connectivity index (χ1n) is 6.80. The van der Waals surface area contributed by atoms with Crippen LogP contribution < -0.4 is 5.32 Å². The summed E-state index contributed by atoms with van der Waals surface area (Å²) in [5, 5.41) is 20.5. The van der Waals surface area contributed by atoms with Gasteiger partial charge in [-0.2, -0.15) is 0 Å². The molecule has 0 saturated carbocycles. The van der Waals surface area contributed by atoms with Crippen molar-refractivity contribution < 1.29 is 24.6 Å². The second kappa shape index (κ2) is 6.79. The first kappa shape index (κ1) is 15.6. The number of benzene rings is 1. The van der Waals surface area contributed by atoms with Crippen LogP contribution in [-0.2, 0) is 4.79 Å². The molecule has 1 fully saturated rings. The molecule has 8 nitrogen and oxygen atoms in total. The third-order valence-corrected chi connectivity index (χ3v) is 3.43. The number of aromatic hydroxyl groups is 1. The molecule has 1 aromatic carbocycles. The Morgan fingerprint density at radius 1 is 1.00 bits per heavy atom. The average molecular weight is 307 g/mol. The lowest BCUT2D eigenvalue weighted by Crippen LogP contribution is -2.52. The van der Waals surface area contributed by atoms with Gasteiger partial charge in [0.1, 0.15) is 5.75 Å². The van der Waals surface area contributed by atoms with Crippen LogP contribution in [0.25, 0.3) is 0 Å². The minimum atomic E-state index is -0.993. The molecule has 22 heavy (non-hydrogen) atoms. The Hall–Kier alpha value is -2.77. The van der Waals surface area contributed by atoms with Gasteiger partial charge in [-0.1, -0.05) is 0 Å². The van der Waals surface area contributed by atoms with Crippen molar-refractivity contribution in [3.63, 3.8) is 0 Å². The number of nitrogens with zero attached hydrogens (tertiary/aromatic N) is 2. The van der Waals surface area contributed by atoms with E-state index in [-0.39, 0.29) is 31.3 Å². The fraction of sp³-hybridized carbons (Fsp3) is 0.357. The molecule has 1 saturated heterocycles. The summed E-state index contributed by atoms with van der Waals surface area (Å²) in [7, 11) is 0. The van der Waals surface area contributed by atoms with Gasteiger partial charge >= 0.3 is 6.09 Å². The standard InChI is InChI=1S/C14H17N3O5/c18-11-3-1-10(2-4-11)13(20)15-9-12(19)16-5-7-17(8-6-16)14(21)22/h1-4,18H,5-9H2,(H,15,20)(H,21,22). The molecule has 1 aliphatic rings. The molecular formula is C14H17N3O5. The van der Waals surface area contributed by atoms with E-state index >= 15 is 0 Å². The number of nitrogens with one attached hydrogen (secondary N) is 1. The van der Waals surface area contributed by atoms with Crippen molar-refractivity contribution in [2.75, 3.05) is 32.7 Å². The van der Waals surface area contributed by atoms with Crippen molar-refractivity contribution in [2.45, 2.75) is 0 Å². The lowest BCUT2D eigenvalue weighted by molar-refractivity contribution is -0.131. The summed E-state index contributed by atoms with van der Waals surface area (Å²) in [5.74, 6) is -0.599. The summed E-state index contributed by atoms with van der Waals surface area (Å²) < 4.78 is 0. The molecule has 3 N–H and O–H groups in total. The maximum Gasteiger partial charge on any atom is 0.407 e. The molecule has 118 valence electrons. The van der Waals surface area contributed by atoms with Crippen LogP contribution in [0.1, 0.15) is 10.4 Å². The highest BCUT2D eigenvalue weighted by Gasteiger charge is 2.23. The van der Waals surface area contributed by atoms with Crippen LogP contribution in [0.4, 0.5) is 4.79 Å². The van der Waals surface area contributed by atoms with Gasteiger partial charge in [0, 0.05) is 31.7 Å². The Balaban J connectivity index is 1.79. The molecule has 1 aromatic rings. The quantitative estimate of drug-likeness (QED) is 0.725. The number of hydrogen-bond donors (Lipinski definition) is 3. The van der Waals surface area contributed by atoms with Gasteiger partial charge in [0.15, 0.2) is 0 Å². The number of carbonyl (C=O) groups is 3. The van der Waals surface area contributed by atoms with Crippen molar-refractivity contribution in [1.82, 2.24) is 15.1 Å². The maximum atomic E-state index is 12.0. The number of carboxylic acid groups (broad SMARTS) is 1. The van der Waals surface area contributed by atoms with E-state index in [9.17, 15) is 14.4 Å². The van der Waals surface area contributed by atoms with E-state index in [4.69, 9.17) is 10.2 Å². The largest absolute Gasteiger partial charge is 0.508 e. The van der Waals surface area contributed by atoms with Gasteiger partial charge in [0.2, 0.25) is 5.91 Å². The van der Waals surface area contributed by atoms with E-state index < -0.39 is 12.0 Å². The third kappa shape index (κ3) is 3.87. The smallest absolute Gasteiger partial charge is 0.407 e. The minimum absolute atomic E-state index is 0.0592. The van der Waals surface area contributed by atoms with Gasteiger partial charge < -0.3 is 25.3 Å². The molecule has 2 rings (SSSR count). The van der Waals surface area contributed by atoms with Crippen LogP contribution >= 0.6 is 0 Å². The number of amides is 3. The monoisotopic (exact) mass is 307 g/mol. The first-order chi connectivity index (χ1) is 10.5. The van der Waals surface area contributed by atoms with Gasteiger partial charge in [0.05, 0.1) is 6.54 Å². The summed E-state index contributed by atoms with van der Waals surface area (Å²) in [6, 6.07) is 5.70. The van der Waals surface area contributed by atoms with Gasteiger partial charge in [-0.25, -0.2) is 4.79 Å². The zero-order chi connectivity index (χ0) is 16.1. The van der Waals surface area contributed by atoms with Gasteiger partial charge in [-0.3, -0.25) is 9.59 Å². The number of piperazine rings is 1. The van der Waals surface area contributed by atoms with E-state index in [2.05, 4.69) is 5.32 Å². The van der Waals surface area contributed by atoms with Crippen LogP contribution in [0.3, 0.4) is 0 Å². The normalized spacial score (nSPS) is 14.5. The molecule has 0 spiro atoms. The van der Waals surface area contributed by atoms with Crippen molar-refractivity contribution in [1.29, 1.82) is 0 Å². The summed E-state index contributed by atoms with van der Waals surface area (Å²) in [6.45, 7) is 1.03. The van der Waals surface area contributed by atoms with Crippen molar-refractivity contribution >= 4 is 17.9 Å². The fourth-order valence-electron chi connectivity index (χ4n) is 2.13. The van der Waals surface area contributed by atoms with Gasteiger partial charge in [0.25, 0.3) is 5.91 Å². The van der Waals surface area contributed by atoms with Crippen LogP contribution in [0, 0.1) is 0 Å². The Kier molecular flexibility index (Phi) is 4.82.